The standard InChI is InChI=1S/C14H23N5O2/c1-8(2)10-5-9(6-12(17-10)19-16)13(21)18-14(3,4)7-11(15)20/h5-6,8H,7,16H2,1-4H3,(H2,15,20)(H,17,19)(H,18,21). The van der Waals surface area contributed by atoms with Gasteiger partial charge in [0.15, 0.2) is 0 Å². The Morgan fingerprint density at radius 3 is 2.43 bits per heavy atom. The van der Waals surface area contributed by atoms with Crippen molar-refractivity contribution in [3.63, 3.8) is 0 Å². The number of hydrogen-bond acceptors (Lipinski definition) is 5. The van der Waals surface area contributed by atoms with Gasteiger partial charge >= 0.3 is 0 Å². The molecule has 0 atom stereocenters. The molecular weight excluding hydrogens is 270 g/mol. The molecule has 6 N–H and O–H groups in total. The molecule has 0 saturated carbocycles. The molecule has 0 aliphatic carbocycles. The van der Waals surface area contributed by atoms with Gasteiger partial charge < -0.3 is 16.5 Å². The lowest BCUT2D eigenvalue weighted by molar-refractivity contribution is -0.119. The quantitative estimate of drug-likeness (QED) is 0.458. The van der Waals surface area contributed by atoms with Crippen LogP contribution in [0.15, 0.2) is 12.1 Å². The SMILES string of the molecule is CC(C)c1cc(C(=O)NC(C)(C)CC(N)=O)cc(NN)n1. The van der Waals surface area contributed by atoms with Crippen molar-refractivity contribution in [3.8, 4) is 0 Å². The van der Waals surface area contributed by atoms with Crippen molar-refractivity contribution in [2.45, 2.75) is 45.6 Å². The highest BCUT2D eigenvalue weighted by Gasteiger charge is 2.24. The first kappa shape index (κ1) is 16.9. The third kappa shape index (κ3) is 5.03. The molecule has 0 aliphatic heterocycles. The van der Waals surface area contributed by atoms with Gasteiger partial charge in [-0.25, -0.2) is 10.8 Å². The lowest BCUT2D eigenvalue weighted by Gasteiger charge is -2.25. The summed E-state index contributed by atoms with van der Waals surface area (Å²) >= 11 is 0. The summed E-state index contributed by atoms with van der Waals surface area (Å²) in [6.45, 7) is 7.42. The average Bonchev–Trinajstić information content (AvgIpc) is 2.35. The Morgan fingerprint density at radius 2 is 1.95 bits per heavy atom. The van der Waals surface area contributed by atoms with Crippen LogP contribution < -0.4 is 22.3 Å². The third-order valence-electron chi connectivity index (χ3n) is 2.91. The van der Waals surface area contributed by atoms with Gasteiger partial charge in [-0.1, -0.05) is 13.8 Å². The number of carbonyl (C=O) groups excluding carboxylic acids is 2. The fraction of sp³-hybridized carbons (Fsp3) is 0.500. The summed E-state index contributed by atoms with van der Waals surface area (Å²) in [6.07, 6.45) is 0.0584. The lowest BCUT2D eigenvalue weighted by atomic mass is 9.99. The number of hydrazine groups is 1. The number of nitrogens with zero attached hydrogens (tertiary/aromatic N) is 1. The second-order valence-electron chi connectivity index (χ2n) is 5.95. The Kier molecular flexibility index (Phi) is 5.26. The van der Waals surface area contributed by atoms with Crippen LogP contribution in [0.4, 0.5) is 5.82 Å². The largest absolute Gasteiger partial charge is 0.370 e. The average molecular weight is 293 g/mol. The summed E-state index contributed by atoms with van der Waals surface area (Å²) in [4.78, 5) is 27.6. The maximum atomic E-state index is 12.3. The molecule has 7 heteroatoms. The van der Waals surface area contributed by atoms with E-state index in [4.69, 9.17) is 11.6 Å². The molecule has 116 valence electrons. The van der Waals surface area contributed by atoms with Gasteiger partial charge in [-0.2, -0.15) is 0 Å². The molecule has 21 heavy (non-hydrogen) atoms. The number of nitrogens with one attached hydrogen (secondary N) is 2. The fourth-order valence-electron chi connectivity index (χ4n) is 1.91. The number of nitrogens with two attached hydrogens (primary N) is 2. The highest BCUT2D eigenvalue weighted by Crippen LogP contribution is 2.18. The number of rotatable bonds is 6. The molecule has 1 aromatic rings. The summed E-state index contributed by atoms with van der Waals surface area (Å²) in [5.41, 5.74) is 8.08. The van der Waals surface area contributed by atoms with Crippen molar-refractivity contribution >= 4 is 17.6 Å². The zero-order valence-electron chi connectivity index (χ0n) is 12.9. The number of aromatic nitrogens is 1. The van der Waals surface area contributed by atoms with E-state index in [9.17, 15) is 9.59 Å². The monoisotopic (exact) mass is 293 g/mol. The van der Waals surface area contributed by atoms with Crippen LogP contribution in [0.25, 0.3) is 0 Å². The Balaban J connectivity index is 3.01. The highest BCUT2D eigenvalue weighted by atomic mass is 16.2. The van der Waals surface area contributed by atoms with E-state index in [1.165, 1.54) is 0 Å². The number of primary amides is 1. The number of pyridine rings is 1. The normalized spacial score (nSPS) is 11.3. The fourth-order valence-corrected chi connectivity index (χ4v) is 1.91. The van der Waals surface area contributed by atoms with Crippen LogP contribution in [-0.2, 0) is 4.79 Å². The number of hydrogen-bond donors (Lipinski definition) is 4. The van der Waals surface area contributed by atoms with Crippen LogP contribution in [0.2, 0.25) is 0 Å². The number of anilines is 1. The van der Waals surface area contributed by atoms with Crippen LogP contribution in [0.1, 0.15) is 56.1 Å². The molecule has 0 unspecified atom stereocenters. The van der Waals surface area contributed by atoms with Crippen LogP contribution in [-0.4, -0.2) is 22.3 Å². The molecule has 7 nitrogen and oxygen atoms in total. The first-order chi connectivity index (χ1) is 9.64. The number of carbonyl (C=O) groups is 2. The van der Waals surface area contributed by atoms with E-state index in [0.717, 1.165) is 5.69 Å². The topological polar surface area (TPSA) is 123 Å². The van der Waals surface area contributed by atoms with E-state index in [-0.39, 0.29) is 18.2 Å². The molecule has 1 rings (SSSR count). The van der Waals surface area contributed by atoms with Gasteiger partial charge in [0.25, 0.3) is 5.91 Å². The predicted molar refractivity (Wildman–Crippen MR) is 81.5 cm³/mol. The van der Waals surface area contributed by atoms with E-state index in [0.29, 0.717) is 11.4 Å². The van der Waals surface area contributed by atoms with E-state index in [2.05, 4.69) is 15.7 Å². The zero-order valence-corrected chi connectivity index (χ0v) is 12.9. The van der Waals surface area contributed by atoms with Crippen molar-refractivity contribution in [3.05, 3.63) is 23.4 Å². The second-order valence-corrected chi connectivity index (χ2v) is 5.95. The van der Waals surface area contributed by atoms with Gasteiger partial charge in [-0.3, -0.25) is 9.59 Å². The van der Waals surface area contributed by atoms with Crippen LogP contribution in [0.5, 0.6) is 0 Å². The van der Waals surface area contributed by atoms with Gasteiger partial charge in [0, 0.05) is 23.2 Å². The lowest BCUT2D eigenvalue weighted by Crippen LogP contribution is -2.46. The molecular formula is C14H23N5O2. The van der Waals surface area contributed by atoms with E-state index in [1.54, 1.807) is 26.0 Å². The molecule has 1 aromatic heterocycles. The van der Waals surface area contributed by atoms with Gasteiger partial charge in [-0.05, 0) is 31.9 Å². The van der Waals surface area contributed by atoms with Crippen LogP contribution >= 0.6 is 0 Å². The Hall–Kier alpha value is -2.15. The smallest absolute Gasteiger partial charge is 0.251 e. The van der Waals surface area contributed by atoms with E-state index >= 15 is 0 Å². The maximum Gasteiger partial charge on any atom is 0.251 e. The zero-order chi connectivity index (χ0) is 16.2. The van der Waals surface area contributed by atoms with Gasteiger partial charge in [0.2, 0.25) is 5.91 Å². The first-order valence-corrected chi connectivity index (χ1v) is 6.74. The van der Waals surface area contributed by atoms with Crippen LogP contribution in [0, 0.1) is 0 Å². The molecule has 0 fully saturated rings. The minimum absolute atomic E-state index is 0.0584. The van der Waals surface area contributed by atoms with Crippen molar-refractivity contribution in [2.24, 2.45) is 11.6 Å². The van der Waals surface area contributed by atoms with E-state index in [1.807, 2.05) is 13.8 Å². The summed E-state index contributed by atoms with van der Waals surface area (Å²) in [5, 5.41) is 2.79. The number of nitrogen functional groups attached to an aromatic ring is 1. The minimum atomic E-state index is -0.722. The van der Waals surface area contributed by atoms with Crippen molar-refractivity contribution in [2.75, 3.05) is 5.43 Å². The molecule has 0 bridgehead atoms. The van der Waals surface area contributed by atoms with Gasteiger partial charge in [-0.15, -0.1) is 0 Å². The number of amides is 2. The van der Waals surface area contributed by atoms with Crippen molar-refractivity contribution in [1.29, 1.82) is 0 Å². The second kappa shape index (κ2) is 6.53. The minimum Gasteiger partial charge on any atom is -0.370 e. The van der Waals surface area contributed by atoms with Crippen LogP contribution in [0.3, 0.4) is 0 Å². The molecule has 2 amide bonds. The molecule has 0 aliphatic rings. The first-order valence-electron chi connectivity index (χ1n) is 6.74. The maximum absolute atomic E-state index is 12.3. The Morgan fingerprint density at radius 1 is 1.33 bits per heavy atom. The molecule has 1 heterocycles. The summed E-state index contributed by atoms with van der Waals surface area (Å²) in [5.74, 6) is 5.17. The van der Waals surface area contributed by atoms with Gasteiger partial charge in [0.1, 0.15) is 5.82 Å². The molecule has 0 radical (unpaired) electrons. The third-order valence-corrected chi connectivity index (χ3v) is 2.91. The van der Waals surface area contributed by atoms with E-state index < -0.39 is 11.4 Å². The molecule has 0 spiro atoms. The summed E-state index contributed by atoms with van der Waals surface area (Å²) in [6, 6.07) is 3.27. The van der Waals surface area contributed by atoms with Crippen molar-refractivity contribution < 1.29 is 9.59 Å². The van der Waals surface area contributed by atoms with Gasteiger partial charge in [0.05, 0.1) is 0 Å². The summed E-state index contributed by atoms with van der Waals surface area (Å²) < 4.78 is 0. The Bertz CT molecular complexity index is 540. The van der Waals surface area contributed by atoms with Crippen molar-refractivity contribution in [1.82, 2.24) is 10.3 Å². The summed E-state index contributed by atoms with van der Waals surface area (Å²) in [7, 11) is 0. The molecule has 0 saturated heterocycles. The predicted octanol–water partition coefficient (Wildman–Crippen LogP) is 0.874. The molecule has 0 aromatic carbocycles. The highest BCUT2D eigenvalue weighted by molar-refractivity contribution is 5.95. The Labute approximate surface area is 124 Å².